The van der Waals surface area contributed by atoms with Gasteiger partial charge in [-0.2, -0.15) is 0 Å². The number of likely N-dealkylation sites (tertiary alicyclic amines) is 1. The van der Waals surface area contributed by atoms with Crippen molar-refractivity contribution in [1.29, 1.82) is 0 Å². The van der Waals surface area contributed by atoms with Gasteiger partial charge in [0.2, 0.25) is 0 Å². The molecule has 1 aromatic rings. The molecule has 0 bridgehead atoms. The van der Waals surface area contributed by atoms with E-state index in [1.807, 2.05) is 0 Å². The number of aliphatic hydroxyl groups excluding tert-OH is 1. The van der Waals surface area contributed by atoms with Crippen molar-refractivity contribution in [3.05, 3.63) is 35.4 Å². The van der Waals surface area contributed by atoms with Gasteiger partial charge in [-0.15, -0.1) is 0 Å². The van der Waals surface area contributed by atoms with Gasteiger partial charge in [-0.3, -0.25) is 4.79 Å². The molecular formula is C14H19N3O3. The number of urea groups is 1. The Morgan fingerprint density at radius 1 is 1.35 bits per heavy atom. The predicted molar refractivity (Wildman–Crippen MR) is 74.0 cm³/mol. The van der Waals surface area contributed by atoms with Crippen LogP contribution in [0.25, 0.3) is 0 Å². The molecule has 0 spiro atoms. The van der Waals surface area contributed by atoms with Gasteiger partial charge in [0.15, 0.2) is 0 Å². The SMILES string of the molecule is NC(=O)NCc1ccc(C(=O)N2CCC[C@@H]2CO)cc1. The van der Waals surface area contributed by atoms with Crippen LogP contribution in [0.4, 0.5) is 4.79 Å². The summed E-state index contributed by atoms with van der Waals surface area (Å²) in [7, 11) is 0. The number of carbonyl (C=O) groups excluding carboxylic acids is 2. The highest BCUT2D eigenvalue weighted by Crippen LogP contribution is 2.19. The van der Waals surface area contributed by atoms with Gasteiger partial charge in [-0.05, 0) is 30.5 Å². The lowest BCUT2D eigenvalue weighted by molar-refractivity contribution is 0.0677. The zero-order valence-corrected chi connectivity index (χ0v) is 11.2. The topological polar surface area (TPSA) is 95.7 Å². The first-order valence-electron chi connectivity index (χ1n) is 6.66. The summed E-state index contributed by atoms with van der Waals surface area (Å²) in [6.07, 6.45) is 1.78. The van der Waals surface area contributed by atoms with E-state index in [2.05, 4.69) is 5.32 Å². The van der Waals surface area contributed by atoms with Crippen molar-refractivity contribution in [3.63, 3.8) is 0 Å². The monoisotopic (exact) mass is 277 g/mol. The molecular weight excluding hydrogens is 258 g/mol. The number of hydrogen-bond donors (Lipinski definition) is 3. The number of carbonyl (C=O) groups is 2. The van der Waals surface area contributed by atoms with Crippen molar-refractivity contribution in [3.8, 4) is 0 Å². The van der Waals surface area contributed by atoms with Crippen LogP contribution in [0.15, 0.2) is 24.3 Å². The number of amides is 3. The maximum atomic E-state index is 12.3. The standard InChI is InChI=1S/C14H19N3O3/c15-14(20)16-8-10-3-5-11(6-4-10)13(19)17-7-1-2-12(17)9-18/h3-6,12,18H,1-2,7-9H2,(H3,15,16,20)/t12-/m1/s1. The van der Waals surface area contributed by atoms with E-state index < -0.39 is 6.03 Å². The lowest BCUT2D eigenvalue weighted by Crippen LogP contribution is -2.37. The summed E-state index contributed by atoms with van der Waals surface area (Å²) >= 11 is 0. The molecule has 0 unspecified atom stereocenters. The Morgan fingerprint density at radius 3 is 2.65 bits per heavy atom. The van der Waals surface area contributed by atoms with Crippen molar-refractivity contribution in [2.24, 2.45) is 5.73 Å². The van der Waals surface area contributed by atoms with E-state index in [9.17, 15) is 14.7 Å². The Hall–Kier alpha value is -2.08. The second-order valence-electron chi connectivity index (χ2n) is 4.89. The minimum atomic E-state index is -0.576. The molecule has 6 nitrogen and oxygen atoms in total. The third kappa shape index (κ3) is 3.27. The number of nitrogens with zero attached hydrogens (tertiary/aromatic N) is 1. The van der Waals surface area contributed by atoms with Crippen molar-refractivity contribution < 1.29 is 14.7 Å². The number of rotatable bonds is 4. The first-order valence-corrected chi connectivity index (χ1v) is 6.66. The van der Waals surface area contributed by atoms with Crippen molar-refractivity contribution in [2.45, 2.75) is 25.4 Å². The number of nitrogens with two attached hydrogens (primary N) is 1. The molecule has 0 aromatic heterocycles. The van der Waals surface area contributed by atoms with Crippen LogP contribution >= 0.6 is 0 Å². The minimum Gasteiger partial charge on any atom is -0.394 e. The summed E-state index contributed by atoms with van der Waals surface area (Å²) in [4.78, 5) is 24.7. The van der Waals surface area contributed by atoms with Crippen molar-refractivity contribution >= 4 is 11.9 Å². The van der Waals surface area contributed by atoms with Crippen LogP contribution in [0.3, 0.4) is 0 Å². The van der Waals surface area contributed by atoms with Crippen LogP contribution in [0, 0.1) is 0 Å². The molecule has 108 valence electrons. The Kier molecular flexibility index (Phi) is 4.57. The Labute approximate surface area is 117 Å². The van der Waals surface area contributed by atoms with Crippen LogP contribution < -0.4 is 11.1 Å². The van der Waals surface area contributed by atoms with E-state index in [1.165, 1.54) is 0 Å². The fourth-order valence-electron chi connectivity index (χ4n) is 2.41. The highest BCUT2D eigenvalue weighted by atomic mass is 16.3. The number of primary amides is 1. The summed E-state index contributed by atoms with van der Waals surface area (Å²) in [5, 5.41) is 11.7. The molecule has 1 atom stereocenters. The molecule has 4 N–H and O–H groups in total. The molecule has 1 aliphatic heterocycles. The zero-order chi connectivity index (χ0) is 14.5. The minimum absolute atomic E-state index is 0.00630. The van der Waals surface area contributed by atoms with E-state index in [1.54, 1.807) is 29.2 Å². The van der Waals surface area contributed by atoms with Gasteiger partial charge in [0.05, 0.1) is 12.6 Å². The van der Waals surface area contributed by atoms with Gasteiger partial charge < -0.3 is 21.1 Å². The first-order chi connectivity index (χ1) is 9.61. The molecule has 20 heavy (non-hydrogen) atoms. The van der Waals surface area contributed by atoms with E-state index in [0.717, 1.165) is 18.4 Å². The molecule has 1 fully saturated rings. The van der Waals surface area contributed by atoms with Gasteiger partial charge in [-0.1, -0.05) is 12.1 Å². The number of nitrogens with one attached hydrogen (secondary N) is 1. The highest BCUT2D eigenvalue weighted by molar-refractivity contribution is 5.94. The van der Waals surface area contributed by atoms with E-state index in [0.29, 0.717) is 18.7 Å². The first kappa shape index (κ1) is 14.3. The van der Waals surface area contributed by atoms with E-state index in [4.69, 9.17) is 5.73 Å². The van der Waals surface area contributed by atoms with Crippen LogP contribution in [0.5, 0.6) is 0 Å². The summed E-state index contributed by atoms with van der Waals surface area (Å²) in [6.45, 7) is 1.04. The fraction of sp³-hybridized carbons (Fsp3) is 0.429. The van der Waals surface area contributed by atoms with Crippen LogP contribution in [-0.4, -0.2) is 41.1 Å². The van der Waals surface area contributed by atoms with Crippen LogP contribution in [0.2, 0.25) is 0 Å². The van der Waals surface area contributed by atoms with Gasteiger partial charge >= 0.3 is 6.03 Å². The van der Waals surface area contributed by atoms with Crippen LogP contribution in [0.1, 0.15) is 28.8 Å². The third-order valence-corrected chi connectivity index (χ3v) is 3.52. The van der Waals surface area contributed by atoms with E-state index >= 15 is 0 Å². The average Bonchev–Trinajstić information content (AvgIpc) is 2.93. The molecule has 6 heteroatoms. The van der Waals surface area contributed by atoms with Crippen molar-refractivity contribution in [2.75, 3.05) is 13.2 Å². The normalized spacial score (nSPS) is 18.1. The van der Waals surface area contributed by atoms with Gasteiger partial charge in [0, 0.05) is 18.7 Å². The molecule has 1 heterocycles. The third-order valence-electron chi connectivity index (χ3n) is 3.52. The Bertz CT molecular complexity index is 487. The number of benzene rings is 1. The Balaban J connectivity index is 2.02. The van der Waals surface area contributed by atoms with Gasteiger partial charge in [0.1, 0.15) is 0 Å². The predicted octanol–water partition coefficient (Wildman–Crippen LogP) is 0.452. The highest BCUT2D eigenvalue weighted by Gasteiger charge is 2.28. The molecule has 1 saturated heterocycles. The number of aliphatic hydroxyl groups is 1. The molecule has 1 aliphatic rings. The van der Waals surface area contributed by atoms with E-state index in [-0.39, 0.29) is 18.6 Å². The summed E-state index contributed by atoms with van der Waals surface area (Å²) in [5.41, 5.74) is 6.46. The second kappa shape index (κ2) is 6.38. The Morgan fingerprint density at radius 2 is 2.05 bits per heavy atom. The van der Waals surface area contributed by atoms with Gasteiger partial charge in [-0.25, -0.2) is 4.79 Å². The smallest absolute Gasteiger partial charge is 0.312 e. The largest absolute Gasteiger partial charge is 0.394 e. The number of hydrogen-bond acceptors (Lipinski definition) is 3. The zero-order valence-electron chi connectivity index (χ0n) is 11.2. The summed E-state index contributed by atoms with van der Waals surface area (Å²) < 4.78 is 0. The summed E-state index contributed by atoms with van der Waals surface area (Å²) in [6, 6.07) is 6.38. The average molecular weight is 277 g/mol. The molecule has 0 saturated carbocycles. The van der Waals surface area contributed by atoms with Crippen molar-refractivity contribution in [1.82, 2.24) is 10.2 Å². The lowest BCUT2D eigenvalue weighted by atomic mass is 10.1. The van der Waals surface area contributed by atoms with Crippen LogP contribution in [-0.2, 0) is 6.54 Å². The summed E-state index contributed by atoms with van der Waals surface area (Å²) in [5.74, 6) is -0.0593. The molecule has 1 aromatic carbocycles. The maximum absolute atomic E-state index is 12.3. The maximum Gasteiger partial charge on any atom is 0.312 e. The second-order valence-corrected chi connectivity index (χ2v) is 4.89. The lowest BCUT2D eigenvalue weighted by Gasteiger charge is -2.23. The molecule has 3 amide bonds. The molecule has 0 radical (unpaired) electrons. The molecule has 2 rings (SSSR count). The molecule has 0 aliphatic carbocycles. The fourth-order valence-corrected chi connectivity index (χ4v) is 2.41. The van der Waals surface area contributed by atoms with Gasteiger partial charge in [0.25, 0.3) is 5.91 Å². The quantitative estimate of drug-likeness (QED) is 0.745.